The molecule has 6 nitrogen and oxygen atoms in total. The number of thioether (sulfide) groups is 1. The number of halogens is 1. The van der Waals surface area contributed by atoms with E-state index in [9.17, 15) is 9.59 Å². The third-order valence-electron chi connectivity index (χ3n) is 8.06. The summed E-state index contributed by atoms with van der Waals surface area (Å²) >= 11 is 9.17. The third kappa shape index (κ3) is 19.4. The molecule has 0 aromatic heterocycles. The zero-order valence-corrected chi connectivity index (χ0v) is 35.6. The van der Waals surface area contributed by atoms with E-state index in [0.29, 0.717) is 6.61 Å². The Bertz CT molecular complexity index is 1520. The molecule has 0 unspecified atom stereocenters. The summed E-state index contributed by atoms with van der Waals surface area (Å²) < 4.78 is 12.0. The van der Waals surface area contributed by atoms with Crippen molar-refractivity contribution in [3.8, 4) is 0 Å². The zero-order chi connectivity index (χ0) is 34.8. The summed E-state index contributed by atoms with van der Waals surface area (Å²) in [5.41, 5.74) is 5.12. The molecule has 284 valence electrons. The van der Waals surface area contributed by atoms with Crippen LogP contribution in [0.15, 0.2) is 121 Å². The first-order chi connectivity index (χ1) is 23.8. The Hall–Kier alpha value is -1.25. The molecule has 0 amide bonds. The number of nitrogens with zero attached hydrogens (tertiary/aromatic N) is 2. The minimum atomic E-state index is -0.250. The molecule has 10 heteroatoms. The summed E-state index contributed by atoms with van der Waals surface area (Å²) in [5, 5.41) is -0.0742. The van der Waals surface area contributed by atoms with Crippen LogP contribution in [-0.4, -0.2) is 71.6 Å². The molecular formula is C43H58BrKN2O4S2. The second-order valence-corrected chi connectivity index (χ2v) is 14.9. The van der Waals surface area contributed by atoms with Gasteiger partial charge in [-0.3, -0.25) is 14.6 Å². The van der Waals surface area contributed by atoms with E-state index in [-0.39, 0.29) is 106 Å². The van der Waals surface area contributed by atoms with Crippen LogP contribution in [0.1, 0.15) is 68.5 Å². The molecule has 4 atom stereocenters. The molecule has 4 aromatic carbocycles. The number of morpholine rings is 2. The van der Waals surface area contributed by atoms with Crippen molar-refractivity contribution in [1.29, 1.82) is 0 Å². The Morgan fingerprint density at radius 2 is 1.04 bits per heavy atom. The van der Waals surface area contributed by atoms with Crippen molar-refractivity contribution in [2.75, 3.05) is 39.4 Å². The van der Waals surface area contributed by atoms with Gasteiger partial charge in [0.1, 0.15) is 0 Å². The summed E-state index contributed by atoms with van der Waals surface area (Å²) in [7, 11) is 0. The summed E-state index contributed by atoms with van der Waals surface area (Å²) in [6, 6.07) is 41.9. The van der Waals surface area contributed by atoms with Gasteiger partial charge in [-0.2, -0.15) is 0 Å². The van der Waals surface area contributed by atoms with E-state index < -0.39 is 0 Å². The number of alkyl halides is 1. The van der Waals surface area contributed by atoms with Gasteiger partial charge in [0.25, 0.3) is 0 Å². The van der Waals surface area contributed by atoms with Crippen molar-refractivity contribution < 1.29 is 70.4 Å². The van der Waals surface area contributed by atoms with Gasteiger partial charge in [-0.15, -0.1) is 0 Å². The average Bonchev–Trinajstić information content (AvgIpc) is 3.12. The second-order valence-electron chi connectivity index (χ2n) is 12.0. The molecule has 0 N–H and O–H groups in total. The van der Waals surface area contributed by atoms with Gasteiger partial charge in [-0.25, -0.2) is 0 Å². The molecule has 2 fully saturated rings. The quantitative estimate of drug-likeness (QED) is 0.102. The van der Waals surface area contributed by atoms with Gasteiger partial charge < -0.3 is 26.9 Å². The second kappa shape index (κ2) is 29.1. The van der Waals surface area contributed by atoms with Crippen LogP contribution in [0.2, 0.25) is 0 Å². The molecule has 2 aliphatic heterocycles. The molecule has 4 aromatic rings. The first-order valence-electron chi connectivity index (χ1n) is 16.6. The minimum absolute atomic E-state index is 0. The molecule has 2 saturated heterocycles. The van der Waals surface area contributed by atoms with Gasteiger partial charge in [0.2, 0.25) is 0 Å². The third-order valence-corrected chi connectivity index (χ3v) is 10.3. The minimum Gasteiger partial charge on any atom is -0.742 e. The fraction of sp³-hybridized carbons (Fsp3) is 0.395. The van der Waals surface area contributed by atoms with E-state index in [1.54, 1.807) is 6.92 Å². The standard InChI is InChI=1S/C20H23NO2S.C18H20BrNO.C2H4OS.3CH4.K/c1-16(22)24-20(18-10-6-3-7-11-18)19-15-21(12-13-23-19)14-17-8-4-2-5-9-17;19-18(16-9-5-2-6-10-16)17-14-20(11-12-21-17)13-15-7-3-1-4-8-15;1-2(3)4;;;;/h2-11,19-20H,12-15H2,1H3;1-10,17-18H,11-14H2;1H3,(H,3,4);3*1H4;/q;;;;;;+1/p-1/t19-,20-;17-,18+;;;;;/m00...../s1. The fourth-order valence-corrected chi connectivity index (χ4v) is 7.42. The number of hydrogen-bond donors (Lipinski definition) is 0. The van der Waals surface area contributed by atoms with Crippen molar-refractivity contribution in [3.05, 3.63) is 144 Å². The summed E-state index contributed by atoms with van der Waals surface area (Å²) in [5.74, 6) is 0. The van der Waals surface area contributed by atoms with Crippen LogP contribution in [0.3, 0.4) is 0 Å². The molecule has 53 heavy (non-hydrogen) atoms. The van der Waals surface area contributed by atoms with Gasteiger partial charge in [0.15, 0.2) is 5.12 Å². The normalized spacial score (nSPS) is 17.8. The molecule has 0 spiro atoms. The van der Waals surface area contributed by atoms with Crippen LogP contribution < -0.4 is 51.4 Å². The van der Waals surface area contributed by atoms with Crippen molar-refractivity contribution in [2.45, 2.75) is 71.5 Å². The van der Waals surface area contributed by atoms with Gasteiger partial charge >= 0.3 is 51.4 Å². The molecule has 0 saturated carbocycles. The number of carbonyl (C=O) groups is 2. The number of carbonyl (C=O) groups excluding carboxylic acids is 2. The summed E-state index contributed by atoms with van der Waals surface area (Å²) in [4.78, 5) is 26.1. The monoisotopic (exact) mass is 848 g/mol. The first kappa shape index (κ1) is 51.7. The van der Waals surface area contributed by atoms with Crippen molar-refractivity contribution >= 4 is 50.6 Å². The predicted molar refractivity (Wildman–Crippen MR) is 227 cm³/mol. The number of hydrogen-bond acceptors (Lipinski definition) is 8. The van der Waals surface area contributed by atoms with Crippen molar-refractivity contribution in [3.63, 3.8) is 0 Å². The van der Waals surface area contributed by atoms with Crippen LogP contribution in [0, 0.1) is 0 Å². The SMILES string of the molecule is Br[C@H](c1ccccc1)[C@@H]1CN(Cc2ccccc2)CCO1.C.C.C.CC(=O)S[C@@H](c1ccccc1)[C@@H]1CN(Cc2ccccc2)CCO1.CC(=O)[S-].[K+]. The Morgan fingerprint density at radius 3 is 1.45 bits per heavy atom. The molecular weight excluding hydrogens is 792 g/mol. The zero-order valence-electron chi connectivity index (χ0n) is 29.2. The maximum absolute atomic E-state index is 11.7. The van der Waals surface area contributed by atoms with Gasteiger partial charge in [0.05, 0.1) is 35.5 Å². The van der Waals surface area contributed by atoms with Gasteiger partial charge in [-0.05, 0) is 29.2 Å². The number of rotatable bonds is 9. The summed E-state index contributed by atoms with van der Waals surface area (Å²) in [6.07, 6.45) is 0.226. The molecule has 0 bridgehead atoms. The van der Waals surface area contributed by atoms with E-state index in [2.05, 4.69) is 129 Å². The Kier molecular flexibility index (Phi) is 28.4. The topological polar surface area (TPSA) is 59.1 Å². The van der Waals surface area contributed by atoms with Gasteiger partial charge in [-0.1, -0.05) is 171 Å². The van der Waals surface area contributed by atoms with Crippen LogP contribution in [0.25, 0.3) is 0 Å². The maximum atomic E-state index is 11.7. The van der Waals surface area contributed by atoms with Gasteiger partial charge in [0, 0.05) is 51.3 Å². The van der Waals surface area contributed by atoms with E-state index in [1.165, 1.54) is 35.4 Å². The average molecular weight is 850 g/mol. The van der Waals surface area contributed by atoms with Crippen LogP contribution in [0.5, 0.6) is 0 Å². The van der Waals surface area contributed by atoms with E-state index >= 15 is 0 Å². The van der Waals surface area contributed by atoms with Crippen LogP contribution in [0.4, 0.5) is 0 Å². The Balaban J connectivity index is 0.000000872. The smallest absolute Gasteiger partial charge is 0.742 e. The molecule has 0 aliphatic carbocycles. The fourth-order valence-electron chi connectivity index (χ4n) is 5.83. The van der Waals surface area contributed by atoms with Crippen LogP contribution >= 0.6 is 27.7 Å². The predicted octanol–water partition coefficient (Wildman–Crippen LogP) is 6.92. The van der Waals surface area contributed by atoms with Crippen molar-refractivity contribution in [1.82, 2.24) is 9.80 Å². The van der Waals surface area contributed by atoms with Crippen molar-refractivity contribution in [2.24, 2.45) is 0 Å². The molecule has 2 heterocycles. The summed E-state index contributed by atoms with van der Waals surface area (Å²) in [6.45, 7) is 10.1. The Morgan fingerprint density at radius 1 is 0.679 bits per heavy atom. The molecule has 6 rings (SSSR count). The van der Waals surface area contributed by atoms with E-state index in [0.717, 1.165) is 51.4 Å². The first-order valence-corrected chi connectivity index (χ1v) is 18.8. The molecule has 0 radical (unpaired) electrons. The number of benzene rings is 4. The van der Waals surface area contributed by atoms with Crippen LogP contribution in [-0.2, 0) is 44.8 Å². The Labute approximate surface area is 381 Å². The van der Waals surface area contributed by atoms with E-state index in [1.807, 2.05) is 30.3 Å². The van der Waals surface area contributed by atoms with E-state index in [4.69, 9.17) is 9.47 Å². The number of ether oxygens (including phenoxy) is 2. The maximum Gasteiger partial charge on any atom is 1.00 e. The largest absolute Gasteiger partial charge is 1.00 e. The molecule has 2 aliphatic rings.